The predicted octanol–water partition coefficient (Wildman–Crippen LogP) is 9.78. The number of rotatable bonds is 9. The second-order valence-electron chi connectivity index (χ2n) is 13.1. The van der Waals surface area contributed by atoms with Crippen LogP contribution in [0.4, 0.5) is 5.69 Å². The normalized spacial score (nSPS) is 14.3. The van der Waals surface area contributed by atoms with Crippen LogP contribution in [0.25, 0.3) is 28.5 Å². The Balaban J connectivity index is 1.27. The molecule has 0 radical (unpaired) electrons. The molecule has 0 saturated carbocycles. The van der Waals surface area contributed by atoms with Gasteiger partial charge in [0.2, 0.25) is 0 Å². The highest BCUT2D eigenvalue weighted by molar-refractivity contribution is 7.86. The largest absolute Gasteiger partial charge is 0.381 e. The summed E-state index contributed by atoms with van der Waals surface area (Å²) >= 11 is 0. The summed E-state index contributed by atoms with van der Waals surface area (Å²) in [5, 5.41) is 11.8. The number of benzene rings is 6. The van der Waals surface area contributed by atoms with Crippen LogP contribution in [0.2, 0.25) is 0 Å². The van der Waals surface area contributed by atoms with Gasteiger partial charge in [-0.3, -0.25) is 0 Å². The van der Waals surface area contributed by atoms with Crippen LogP contribution in [0, 0.1) is 0 Å². The first kappa shape index (κ1) is 30.9. The zero-order chi connectivity index (χ0) is 32.4. The lowest BCUT2D eigenvalue weighted by Crippen LogP contribution is -2.26. The summed E-state index contributed by atoms with van der Waals surface area (Å²) in [7, 11) is -1.41. The molecule has 1 aliphatic rings. The van der Waals surface area contributed by atoms with Gasteiger partial charge in [0.1, 0.15) is 5.30 Å². The Labute approximate surface area is 280 Å². The van der Waals surface area contributed by atoms with E-state index in [0.29, 0.717) is 0 Å². The molecule has 0 aromatic heterocycles. The van der Waals surface area contributed by atoms with Crippen LogP contribution >= 0.6 is 7.26 Å². The Hall–Kier alpha value is -4.71. The minimum absolute atomic E-state index is 0.725. The van der Waals surface area contributed by atoms with Crippen molar-refractivity contribution in [2.45, 2.75) is 32.7 Å². The average molecular weight is 629 g/mol. The summed E-state index contributed by atoms with van der Waals surface area (Å²) in [5.74, 6) is 0. The maximum Gasteiger partial charge on any atom is 0.106 e. The lowest BCUT2D eigenvalue weighted by Gasteiger charge is -2.20. The standard InChI is InChI=1S/C45H43NP/c1-5-16-40-41-24-13-15-26-43(41)47(3,4)44(40)30-35-20-10-14-25-42(35)46-31-37-21-9-12-23-39(37)45(38-22-11-6-17-32(38)2)36-28-27-33-18-7-8-19-34(33)29-36/h6-15,17-29,46H,2,5,16,30-31H2,1,3-4H3/q+1/b45-38-. The monoisotopic (exact) mass is 628 g/mol. The van der Waals surface area contributed by atoms with Crippen molar-refractivity contribution >= 4 is 46.8 Å². The molecule has 0 atom stereocenters. The maximum absolute atomic E-state index is 4.45. The van der Waals surface area contributed by atoms with Gasteiger partial charge >= 0.3 is 0 Å². The highest BCUT2D eigenvalue weighted by Crippen LogP contribution is 2.66. The number of fused-ring (bicyclic) bond motifs is 2. The summed E-state index contributed by atoms with van der Waals surface area (Å²) in [5.41, 5.74) is 10.6. The van der Waals surface area contributed by atoms with Gasteiger partial charge in [-0.2, -0.15) is 0 Å². The SMILES string of the molecule is C=c1cccc/c1=C(\c1ccc2ccccc2c1)c1ccccc1CNc1ccccc1CC1=C(CCC)c2ccccc2[P+]1(C)C. The molecule has 0 fully saturated rings. The van der Waals surface area contributed by atoms with E-state index < -0.39 is 7.26 Å². The van der Waals surface area contributed by atoms with Crippen molar-refractivity contribution in [3.63, 3.8) is 0 Å². The number of nitrogens with one attached hydrogen (secondary N) is 1. The second-order valence-corrected chi connectivity index (χ2v) is 17.0. The molecule has 0 spiro atoms. The number of hydrogen-bond donors (Lipinski definition) is 1. The van der Waals surface area contributed by atoms with E-state index in [4.69, 9.17) is 0 Å². The van der Waals surface area contributed by atoms with Gasteiger partial charge in [0, 0.05) is 29.8 Å². The van der Waals surface area contributed by atoms with Crippen molar-refractivity contribution in [3.8, 4) is 0 Å². The van der Waals surface area contributed by atoms with E-state index in [9.17, 15) is 0 Å². The van der Waals surface area contributed by atoms with Gasteiger partial charge in [-0.05, 0) is 73.7 Å². The molecule has 7 rings (SSSR count). The van der Waals surface area contributed by atoms with E-state index in [2.05, 4.69) is 172 Å². The lowest BCUT2D eigenvalue weighted by molar-refractivity contribution is 0.968. The minimum Gasteiger partial charge on any atom is -0.381 e. The zero-order valence-corrected chi connectivity index (χ0v) is 28.7. The quantitative estimate of drug-likeness (QED) is 0.157. The Morgan fingerprint density at radius 3 is 2.19 bits per heavy atom. The van der Waals surface area contributed by atoms with E-state index in [1.54, 1.807) is 16.2 Å². The van der Waals surface area contributed by atoms with E-state index in [1.807, 2.05) is 0 Å². The zero-order valence-electron chi connectivity index (χ0n) is 27.8. The Morgan fingerprint density at radius 2 is 1.36 bits per heavy atom. The third-order valence-corrected chi connectivity index (χ3v) is 13.2. The summed E-state index contributed by atoms with van der Waals surface area (Å²) in [6, 6.07) is 50.9. The maximum atomic E-state index is 4.45. The van der Waals surface area contributed by atoms with Gasteiger partial charge in [0.05, 0.1) is 25.9 Å². The second kappa shape index (κ2) is 13.2. The van der Waals surface area contributed by atoms with Crippen molar-refractivity contribution in [1.82, 2.24) is 0 Å². The molecule has 0 amide bonds. The molecule has 0 aliphatic carbocycles. The van der Waals surface area contributed by atoms with Crippen LogP contribution in [-0.4, -0.2) is 13.3 Å². The van der Waals surface area contributed by atoms with E-state index >= 15 is 0 Å². The van der Waals surface area contributed by atoms with Gasteiger partial charge in [-0.15, -0.1) is 0 Å². The first-order chi connectivity index (χ1) is 23.0. The fourth-order valence-corrected chi connectivity index (χ4v) is 10.4. The molecule has 0 saturated heterocycles. The molecule has 1 aliphatic heterocycles. The van der Waals surface area contributed by atoms with Crippen molar-refractivity contribution in [2.75, 3.05) is 18.6 Å². The van der Waals surface area contributed by atoms with Crippen LogP contribution in [0.15, 0.2) is 145 Å². The summed E-state index contributed by atoms with van der Waals surface area (Å²) in [4.78, 5) is 0. The smallest absolute Gasteiger partial charge is 0.106 e. The number of anilines is 1. The molecular weight excluding hydrogens is 585 g/mol. The van der Waals surface area contributed by atoms with E-state index in [0.717, 1.165) is 36.2 Å². The average Bonchev–Trinajstić information content (AvgIpc) is 3.31. The first-order valence-corrected chi connectivity index (χ1v) is 19.5. The Bertz CT molecular complexity index is 2240. The first-order valence-electron chi connectivity index (χ1n) is 16.8. The van der Waals surface area contributed by atoms with Crippen molar-refractivity contribution in [1.29, 1.82) is 0 Å². The summed E-state index contributed by atoms with van der Waals surface area (Å²) in [6.45, 7) is 12.5. The molecule has 1 N–H and O–H groups in total. The van der Waals surface area contributed by atoms with Crippen molar-refractivity contribution in [2.24, 2.45) is 0 Å². The fraction of sp³-hybridized carbons (Fsp3) is 0.156. The molecule has 0 unspecified atom stereocenters. The summed E-state index contributed by atoms with van der Waals surface area (Å²) in [6.07, 6.45) is 3.29. The lowest BCUT2D eigenvalue weighted by atomic mass is 9.90. The van der Waals surface area contributed by atoms with Gasteiger partial charge < -0.3 is 5.32 Å². The van der Waals surface area contributed by atoms with Crippen molar-refractivity contribution < 1.29 is 0 Å². The topological polar surface area (TPSA) is 12.0 Å². The fourth-order valence-electron chi connectivity index (χ4n) is 7.39. The van der Waals surface area contributed by atoms with Crippen LogP contribution in [0.3, 0.4) is 0 Å². The van der Waals surface area contributed by atoms with Gasteiger partial charge in [-0.25, -0.2) is 0 Å². The van der Waals surface area contributed by atoms with Gasteiger partial charge in [-0.1, -0.05) is 141 Å². The van der Waals surface area contributed by atoms with Crippen molar-refractivity contribution in [3.05, 3.63) is 183 Å². The number of hydrogen-bond acceptors (Lipinski definition) is 1. The van der Waals surface area contributed by atoms with Crippen LogP contribution in [-0.2, 0) is 13.0 Å². The highest BCUT2D eigenvalue weighted by atomic mass is 31.2. The highest BCUT2D eigenvalue weighted by Gasteiger charge is 2.44. The third-order valence-electron chi connectivity index (χ3n) is 9.81. The van der Waals surface area contributed by atoms with Gasteiger partial charge in [0.15, 0.2) is 0 Å². The van der Waals surface area contributed by atoms with Crippen LogP contribution < -0.4 is 21.1 Å². The molecule has 1 nitrogen and oxygen atoms in total. The van der Waals surface area contributed by atoms with Crippen LogP contribution in [0.1, 0.15) is 47.6 Å². The molecule has 2 heteroatoms. The Morgan fingerprint density at radius 1 is 0.681 bits per heavy atom. The third kappa shape index (κ3) is 5.97. The molecule has 47 heavy (non-hydrogen) atoms. The minimum atomic E-state index is -1.41. The van der Waals surface area contributed by atoms with Gasteiger partial charge in [0.25, 0.3) is 0 Å². The van der Waals surface area contributed by atoms with E-state index in [1.165, 1.54) is 49.9 Å². The predicted molar refractivity (Wildman–Crippen MR) is 207 cm³/mol. The molecule has 1 heterocycles. The molecular formula is C45H43NP+. The molecule has 0 bridgehead atoms. The summed E-state index contributed by atoms with van der Waals surface area (Å²) < 4.78 is 0. The van der Waals surface area contributed by atoms with Crippen LogP contribution in [0.5, 0.6) is 0 Å². The van der Waals surface area contributed by atoms with E-state index in [-0.39, 0.29) is 0 Å². The molecule has 6 aromatic rings. The number of allylic oxidation sites excluding steroid dienone is 2. The molecule has 232 valence electrons. The molecule has 6 aromatic carbocycles. The number of para-hydroxylation sites is 1. The Kier molecular flexibility index (Phi) is 8.68.